The molecular weight excluding hydrogens is 428 g/mol. The van der Waals surface area contributed by atoms with E-state index in [9.17, 15) is 5.11 Å². The number of ether oxygens (including phenoxy) is 1. The molecule has 34 heavy (non-hydrogen) atoms. The zero-order valence-electron chi connectivity index (χ0n) is 19.4. The highest BCUT2D eigenvalue weighted by atomic mass is 16.5. The molecule has 1 aliphatic rings. The summed E-state index contributed by atoms with van der Waals surface area (Å²) in [6.07, 6.45) is 3.84. The largest absolute Gasteiger partial charge is 0.508 e. The first-order chi connectivity index (χ1) is 16.7. The number of pyridine rings is 1. The van der Waals surface area contributed by atoms with Crippen molar-refractivity contribution in [2.24, 2.45) is 0 Å². The Morgan fingerprint density at radius 2 is 1.76 bits per heavy atom. The van der Waals surface area contributed by atoms with Crippen LogP contribution in [0.1, 0.15) is 5.56 Å². The van der Waals surface area contributed by atoms with E-state index in [1.807, 2.05) is 42.7 Å². The van der Waals surface area contributed by atoms with Gasteiger partial charge in [0.25, 0.3) is 0 Å². The quantitative estimate of drug-likeness (QED) is 0.391. The van der Waals surface area contributed by atoms with Crippen LogP contribution < -0.4 is 4.74 Å². The molecule has 0 radical (unpaired) electrons. The average Bonchev–Trinajstić information content (AvgIpc) is 3.30. The number of rotatable bonds is 7. The Morgan fingerprint density at radius 3 is 2.56 bits per heavy atom. The molecule has 7 nitrogen and oxygen atoms in total. The summed E-state index contributed by atoms with van der Waals surface area (Å²) < 4.78 is 5.57. The SMILES string of the molecule is COc1ccccc1-c1c[nH]c2ncc(-c3ccc(O)c(CN4CCN(CCO)CC4)c3)cc12. The van der Waals surface area contributed by atoms with Gasteiger partial charge in [0.05, 0.1) is 13.7 Å². The smallest absolute Gasteiger partial charge is 0.137 e. The van der Waals surface area contributed by atoms with Crippen LogP contribution in [0.25, 0.3) is 33.3 Å². The third kappa shape index (κ3) is 4.50. The van der Waals surface area contributed by atoms with Crippen molar-refractivity contribution in [1.82, 2.24) is 19.8 Å². The lowest BCUT2D eigenvalue weighted by molar-refractivity contribution is 0.108. The van der Waals surface area contributed by atoms with Crippen molar-refractivity contribution in [2.45, 2.75) is 6.54 Å². The fourth-order valence-electron chi connectivity index (χ4n) is 4.70. The van der Waals surface area contributed by atoms with Gasteiger partial charge in [0.2, 0.25) is 0 Å². The lowest BCUT2D eigenvalue weighted by Crippen LogP contribution is -2.46. The van der Waals surface area contributed by atoms with Crippen LogP contribution in [0.3, 0.4) is 0 Å². The number of hydrogen-bond donors (Lipinski definition) is 3. The number of hydrogen-bond acceptors (Lipinski definition) is 6. The van der Waals surface area contributed by atoms with Crippen LogP contribution in [-0.2, 0) is 6.54 Å². The Hall–Kier alpha value is -3.39. The molecule has 4 aromatic rings. The van der Waals surface area contributed by atoms with Crippen molar-refractivity contribution >= 4 is 11.0 Å². The summed E-state index contributed by atoms with van der Waals surface area (Å²) in [5.74, 6) is 1.13. The van der Waals surface area contributed by atoms with Gasteiger partial charge in [-0.3, -0.25) is 9.80 Å². The van der Waals surface area contributed by atoms with E-state index in [1.54, 1.807) is 13.2 Å². The summed E-state index contributed by atoms with van der Waals surface area (Å²) in [6.45, 7) is 5.31. The molecule has 0 amide bonds. The number of methoxy groups -OCH3 is 1. The molecule has 0 bridgehead atoms. The minimum Gasteiger partial charge on any atom is -0.508 e. The highest BCUT2D eigenvalue weighted by Gasteiger charge is 2.18. The van der Waals surface area contributed by atoms with Crippen molar-refractivity contribution in [3.63, 3.8) is 0 Å². The number of piperazine rings is 1. The summed E-state index contributed by atoms with van der Waals surface area (Å²) in [4.78, 5) is 12.5. The Labute approximate surface area is 199 Å². The molecule has 0 atom stereocenters. The van der Waals surface area contributed by atoms with Crippen LogP contribution in [0.4, 0.5) is 0 Å². The number of β-amino-alcohol motifs (C(OH)–C–C–N with tert-alkyl or cyclic N) is 1. The van der Waals surface area contributed by atoms with Crippen molar-refractivity contribution in [1.29, 1.82) is 0 Å². The minimum atomic E-state index is 0.196. The Balaban J connectivity index is 1.43. The number of aromatic amines is 1. The fraction of sp³-hybridized carbons (Fsp3) is 0.296. The van der Waals surface area contributed by atoms with Gasteiger partial charge in [-0.25, -0.2) is 4.98 Å². The third-order valence-electron chi connectivity index (χ3n) is 6.62. The maximum absolute atomic E-state index is 10.5. The van der Waals surface area contributed by atoms with E-state index < -0.39 is 0 Å². The predicted molar refractivity (Wildman–Crippen MR) is 134 cm³/mol. The van der Waals surface area contributed by atoms with Crippen LogP contribution in [0.15, 0.2) is 60.9 Å². The van der Waals surface area contributed by atoms with Crippen molar-refractivity contribution in [3.8, 4) is 33.8 Å². The third-order valence-corrected chi connectivity index (χ3v) is 6.62. The molecule has 3 N–H and O–H groups in total. The van der Waals surface area contributed by atoms with Gasteiger partial charge in [0, 0.05) is 79.3 Å². The summed E-state index contributed by atoms with van der Waals surface area (Å²) in [5, 5.41) is 20.7. The number of nitrogens with zero attached hydrogens (tertiary/aromatic N) is 3. The zero-order chi connectivity index (χ0) is 23.5. The van der Waals surface area contributed by atoms with Crippen LogP contribution >= 0.6 is 0 Å². The van der Waals surface area contributed by atoms with E-state index in [0.29, 0.717) is 12.3 Å². The minimum absolute atomic E-state index is 0.196. The number of H-pyrrole nitrogens is 1. The van der Waals surface area contributed by atoms with Crippen molar-refractivity contribution < 1.29 is 14.9 Å². The van der Waals surface area contributed by atoms with E-state index in [2.05, 4.69) is 31.9 Å². The Morgan fingerprint density at radius 1 is 0.971 bits per heavy atom. The molecule has 3 heterocycles. The summed E-state index contributed by atoms with van der Waals surface area (Å²) in [5.41, 5.74) is 5.81. The molecule has 0 unspecified atom stereocenters. The topological polar surface area (TPSA) is 84.9 Å². The zero-order valence-corrected chi connectivity index (χ0v) is 19.4. The molecule has 0 aliphatic carbocycles. The lowest BCUT2D eigenvalue weighted by Gasteiger charge is -2.34. The molecule has 1 fully saturated rings. The molecule has 1 saturated heterocycles. The molecule has 5 rings (SSSR count). The number of phenolic OH excluding ortho intramolecular Hbond substituents is 1. The maximum atomic E-state index is 10.5. The molecule has 1 aliphatic heterocycles. The number of aromatic hydroxyl groups is 1. The summed E-state index contributed by atoms with van der Waals surface area (Å²) >= 11 is 0. The van der Waals surface area contributed by atoms with Crippen LogP contribution in [0.2, 0.25) is 0 Å². The monoisotopic (exact) mass is 458 g/mol. The number of aromatic nitrogens is 2. The second-order valence-electron chi connectivity index (χ2n) is 8.71. The first kappa shape index (κ1) is 22.4. The molecule has 7 heteroatoms. The molecule has 176 valence electrons. The van der Waals surface area contributed by atoms with E-state index in [0.717, 1.165) is 77.3 Å². The average molecular weight is 459 g/mol. The molecular formula is C27H30N4O3. The standard InChI is InChI=1S/C27H30N4O3/c1-34-26-5-3-2-4-22(26)24-17-29-27-23(24)15-20(16-28-27)19-6-7-25(33)21(14-19)18-31-10-8-30(9-11-31)12-13-32/h2-7,14-17,32-33H,8-13,18H2,1H3,(H,28,29). The van der Waals surface area contributed by atoms with Gasteiger partial charge in [-0.2, -0.15) is 0 Å². The van der Waals surface area contributed by atoms with Crippen molar-refractivity contribution in [2.75, 3.05) is 46.4 Å². The van der Waals surface area contributed by atoms with Crippen LogP contribution in [0.5, 0.6) is 11.5 Å². The number of nitrogens with one attached hydrogen (secondary N) is 1. The number of aliphatic hydroxyl groups is 1. The number of benzene rings is 2. The van der Waals surface area contributed by atoms with Gasteiger partial charge in [-0.05, 0) is 29.8 Å². The fourth-order valence-corrected chi connectivity index (χ4v) is 4.70. The first-order valence-corrected chi connectivity index (χ1v) is 11.6. The first-order valence-electron chi connectivity index (χ1n) is 11.6. The number of aliphatic hydroxyl groups excluding tert-OH is 1. The second-order valence-corrected chi connectivity index (χ2v) is 8.71. The maximum Gasteiger partial charge on any atom is 0.137 e. The highest BCUT2D eigenvalue weighted by molar-refractivity contribution is 5.97. The predicted octanol–water partition coefficient (Wildman–Crippen LogP) is 3.72. The molecule has 2 aromatic heterocycles. The highest BCUT2D eigenvalue weighted by Crippen LogP contribution is 2.36. The normalized spacial score (nSPS) is 15.1. The van der Waals surface area contributed by atoms with Gasteiger partial charge in [0.1, 0.15) is 17.1 Å². The number of para-hydroxylation sites is 1. The molecule has 0 saturated carbocycles. The van der Waals surface area contributed by atoms with Crippen molar-refractivity contribution in [3.05, 3.63) is 66.5 Å². The molecule has 2 aromatic carbocycles. The van der Waals surface area contributed by atoms with Gasteiger partial charge >= 0.3 is 0 Å². The lowest BCUT2D eigenvalue weighted by atomic mass is 10.00. The van der Waals surface area contributed by atoms with E-state index >= 15 is 0 Å². The van der Waals surface area contributed by atoms with Gasteiger partial charge in [-0.1, -0.05) is 24.3 Å². The van der Waals surface area contributed by atoms with Gasteiger partial charge < -0.3 is 19.9 Å². The molecule has 0 spiro atoms. The second kappa shape index (κ2) is 9.85. The van der Waals surface area contributed by atoms with E-state index in [1.165, 1.54) is 0 Å². The van der Waals surface area contributed by atoms with Crippen LogP contribution in [0, 0.1) is 0 Å². The number of fused-ring (bicyclic) bond motifs is 1. The van der Waals surface area contributed by atoms with Gasteiger partial charge in [-0.15, -0.1) is 0 Å². The van der Waals surface area contributed by atoms with E-state index in [-0.39, 0.29) is 6.61 Å². The number of phenols is 1. The van der Waals surface area contributed by atoms with Crippen LogP contribution in [-0.4, -0.2) is 76.4 Å². The van der Waals surface area contributed by atoms with E-state index in [4.69, 9.17) is 9.84 Å². The van der Waals surface area contributed by atoms with Gasteiger partial charge in [0.15, 0.2) is 0 Å². The Bertz CT molecular complexity index is 1280. The summed E-state index contributed by atoms with van der Waals surface area (Å²) in [6, 6.07) is 15.9. The Kier molecular flexibility index (Phi) is 6.49. The summed E-state index contributed by atoms with van der Waals surface area (Å²) in [7, 11) is 1.68.